The normalized spacial score (nSPS) is 14.0. The Labute approximate surface area is 177 Å². The molecule has 4 nitrogen and oxygen atoms in total. The fourth-order valence-corrected chi connectivity index (χ4v) is 6.51. The minimum absolute atomic E-state index is 0.156. The molecule has 7 heteroatoms. The molecule has 0 unspecified atom stereocenters. The van der Waals surface area contributed by atoms with Crippen molar-refractivity contribution in [1.29, 1.82) is 0 Å². The molecule has 0 radical (unpaired) electrons. The van der Waals surface area contributed by atoms with Crippen molar-refractivity contribution in [2.45, 2.75) is 38.2 Å². The highest BCUT2D eigenvalue weighted by Crippen LogP contribution is 2.26. The van der Waals surface area contributed by atoms with E-state index in [0.717, 1.165) is 25.6 Å². The zero-order valence-corrected chi connectivity index (χ0v) is 19.4. The first kappa shape index (κ1) is 22.1. The lowest BCUT2D eigenvalue weighted by Gasteiger charge is -2.22. The number of halogens is 2. The maximum absolute atomic E-state index is 13.2. The second-order valence-corrected chi connectivity index (χ2v) is 11.0. The Bertz CT molecular complexity index is 914. The van der Waals surface area contributed by atoms with Gasteiger partial charge < -0.3 is 5.11 Å². The van der Waals surface area contributed by atoms with Crippen molar-refractivity contribution in [3.8, 4) is 0 Å². The minimum Gasteiger partial charge on any atom is -0.481 e. The van der Waals surface area contributed by atoms with Crippen molar-refractivity contribution in [2.75, 3.05) is 0 Å². The molecular formula is C20H22Br2O4S. The van der Waals surface area contributed by atoms with Crippen LogP contribution in [0.25, 0.3) is 0 Å². The number of aryl methyl sites for hydroxylation is 2. The first-order valence-electron chi connectivity index (χ1n) is 8.44. The molecule has 0 saturated heterocycles. The molecule has 0 aliphatic rings. The Kier molecular flexibility index (Phi) is 7.27. The van der Waals surface area contributed by atoms with Crippen LogP contribution in [0, 0.1) is 19.8 Å². The van der Waals surface area contributed by atoms with Crippen molar-refractivity contribution in [1.82, 2.24) is 0 Å². The van der Waals surface area contributed by atoms with Crippen LogP contribution in [0.15, 0.2) is 45.3 Å². The Hall–Kier alpha value is -1.18. The first-order valence-corrected chi connectivity index (χ1v) is 11.7. The van der Waals surface area contributed by atoms with Gasteiger partial charge in [0.15, 0.2) is 9.84 Å². The highest BCUT2D eigenvalue weighted by Gasteiger charge is 2.35. The van der Waals surface area contributed by atoms with Gasteiger partial charge in [0.25, 0.3) is 0 Å². The number of carbonyl (C=O) groups is 1. The molecule has 0 spiro atoms. The summed E-state index contributed by atoms with van der Waals surface area (Å²) in [6.45, 7) is 5.27. The van der Waals surface area contributed by atoms with Crippen molar-refractivity contribution < 1.29 is 18.3 Å². The number of benzene rings is 2. The molecular weight excluding hydrogens is 496 g/mol. The molecule has 0 bridgehead atoms. The summed E-state index contributed by atoms with van der Waals surface area (Å²) in [6, 6.07) is 11.1. The van der Waals surface area contributed by atoms with E-state index in [1.54, 1.807) is 6.07 Å². The van der Waals surface area contributed by atoms with E-state index in [4.69, 9.17) is 0 Å². The largest absolute Gasteiger partial charge is 0.481 e. The summed E-state index contributed by atoms with van der Waals surface area (Å²) < 4.78 is 28.0. The molecule has 2 rings (SSSR count). The summed E-state index contributed by atoms with van der Waals surface area (Å²) in [6.07, 6.45) is 0.156. The lowest BCUT2D eigenvalue weighted by atomic mass is 9.99. The lowest BCUT2D eigenvalue weighted by Crippen LogP contribution is -2.36. The van der Waals surface area contributed by atoms with Crippen LogP contribution in [0.5, 0.6) is 0 Å². The lowest BCUT2D eigenvalue weighted by molar-refractivity contribution is -0.141. The molecule has 146 valence electrons. The van der Waals surface area contributed by atoms with Gasteiger partial charge in [-0.05, 0) is 66.8 Å². The Balaban J connectivity index is 2.40. The zero-order valence-electron chi connectivity index (χ0n) is 15.4. The van der Waals surface area contributed by atoms with Crippen LogP contribution in [0.2, 0.25) is 0 Å². The number of carboxylic acids is 1. The molecule has 0 aliphatic heterocycles. The van der Waals surface area contributed by atoms with Gasteiger partial charge in [0.2, 0.25) is 0 Å². The number of hydrogen-bond acceptors (Lipinski definition) is 3. The molecule has 2 aromatic rings. The number of aliphatic carboxylic acids is 1. The second-order valence-electron chi connectivity index (χ2n) is 6.95. The smallest absolute Gasteiger partial charge is 0.307 e. The molecule has 2 atom stereocenters. The van der Waals surface area contributed by atoms with Gasteiger partial charge >= 0.3 is 5.97 Å². The van der Waals surface area contributed by atoms with Crippen LogP contribution in [-0.4, -0.2) is 24.7 Å². The van der Waals surface area contributed by atoms with Crippen molar-refractivity contribution in [3.05, 3.63) is 67.6 Å². The number of rotatable bonds is 7. The van der Waals surface area contributed by atoms with Crippen LogP contribution in [0.3, 0.4) is 0 Å². The Morgan fingerprint density at radius 3 is 1.93 bits per heavy atom. The second kappa shape index (κ2) is 8.88. The third-order valence-corrected chi connectivity index (χ3v) is 7.57. The zero-order chi connectivity index (χ0) is 20.4. The third-order valence-electron chi connectivity index (χ3n) is 4.42. The molecule has 0 aliphatic carbocycles. The van der Waals surface area contributed by atoms with Crippen LogP contribution in [0.1, 0.15) is 29.2 Å². The van der Waals surface area contributed by atoms with E-state index in [1.807, 2.05) is 44.2 Å². The number of hydrogen-bond donors (Lipinski definition) is 1. The Morgan fingerprint density at radius 2 is 1.44 bits per heavy atom. The molecule has 0 saturated carbocycles. The van der Waals surface area contributed by atoms with Gasteiger partial charge in [-0.25, -0.2) is 8.42 Å². The molecule has 2 aromatic carbocycles. The molecule has 1 N–H and O–H groups in total. The predicted molar refractivity (Wildman–Crippen MR) is 115 cm³/mol. The fourth-order valence-electron chi connectivity index (χ4n) is 3.17. The van der Waals surface area contributed by atoms with Crippen molar-refractivity contribution >= 4 is 47.7 Å². The van der Waals surface area contributed by atoms with Gasteiger partial charge in [0.05, 0.1) is 16.9 Å². The average molecular weight is 518 g/mol. The highest BCUT2D eigenvalue weighted by molar-refractivity contribution is 9.10. The predicted octanol–water partition coefficient (Wildman–Crippen LogP) is 5.08. The van der Waals surface area contributed by atoms with Gasteiger partial charge in [0, 0.05) is 8.95 Å². The summed E-state index contributed by atoms with van der Waals surface area (Å²) in [4.78, 5) is 11.6. The van der Waals surface area contributed by atoms with Crippen LogP contribution >= 0.6 is 31.9 Å². The Morgan fingerprint density at radius 1 is 0.963 bits per heavy atom. The highest BCUT2D eigenvalue weighted by atomic mass is 79.9. The SMILES string of the molecule is Cc1cc(Br)cc(C[C@@H]([C@@H](C)C(=O)O)S(=O)(=O)Cc2cc(C)cc(Br)c2)c1. The standard InChI is InChI=1S/C20H22Br2O4S/c1-12-4-15(8-17(21)6-12)10-19(14(3)20(23)24)27(25,26)11-16-5-13(2)7-18(22)9-16/h4-9,14,19H,10-11H2,1-3H3,(H,23,24)/t14-,19+/m1/s1. The van der Waals surface area contributed by atoms with E-state index < -0.39 is 27.0 Å². The van der Waals surface area contributed by atoms with Gasteiger partial charge in [-0.3, -0.25) is 4.79 Å². The molecule has 0 fully saturated rings. The minimum atomic E-state index is -3.69. The van der Waals surface area contributed by atoms with E-state index in [0.29, 0.717) is 5.56 Å². The first-order chi connectivity index (χ1) is 12.5. The summed E-state index contributed by atoms with van der Waals surface area (Å²) >= 11 is 6.80. The maximum Gasteiger partial charge on any atom is 0.307 e. The maximum atomic E-state index is 13.2. The molecule has 0 aromatic heterocycles. The van der Waals surface area contributed by atoms with E-state index in [-0.39, 0.29) is 12.2 Å². The average Bonchev–Trinajstić information content (AvgIpc) is 2.49. The summed E-state index contributed by atoms with van der Waals surface area (Å²) in [5.41, 5.74) is 3.38. The fraction of sp³-hybridized carbons (Fsp3) is 0.350. The summed E-state index contributed by atoms with van der Waals surface area (Å²) in [5.74, 6) is -2.31. The van der Waals surface area contributed by atoms with Gasteiger partial charge in [0.1, 0.15) is 0 Å². The number of carboxylic acid groups (broad SMARTS) is 1. The van der Waals surface area contributed by atoms with Crippen molar-refractivity contribution in [3.63, 3.8) is 0 Å². The van der Waals surface area contributed by atoms with Crippen molar-refractivity contribution in [2.24, 2.45) is 5.92 Å². The van der Waals surface area contributed by atoms with Crippen LogP contribution < -0.4 is 0 Å². The van der Waals surface area contributed by atoms with E-state index >= 15 is 0 Å². The van der Waals surface area contributed by atoms with Gasteiger partial charge in [-0.1, -0.05) is 50.9 Å². The summed E-state index contributed by atoms with van der Waals surface area (Å²) in [7, 11) is -3.69. The molecule has 27 heavy (non-hydrogen) atoms. The van der Waals surface area contributed by atoms with Crippen LogP contribution in [-0.2, 0) is 26.8 Å². The summed E-state index contributed by atoms with van der Waals surface area (Å²) in [5, 5.41) is 8.46. The van der Waals surface area contributed by atoms with E-state index in [1.165, 1.54) is 6.92 Å². The monoisotopic (exact) mass is 516 g/mol. The third kappa shape index (κ3) is 6.16. The topological polar surface area (TPSA) is 71.4 Å². The quantitative estimate of drug-likeness (QED) is 0.556. The molecule has 0 amide bonds. The van der Waals surface area contributed by atoms with E-state index in [2.05, 4.69) is 31.9 Å². The molecule has 0 heterocycles. The van der Waals surface area contributed by atoms with Gasteiger partial charge in [-0.15, -0.1) is 0 Å². The van der Waals surface area contributed by atoms with Crippen LogP contribution in [0.4, 0.5) is 0 Å². The van der Waals surface area contributed by atoms with Gasteiger partial charge in [-0.2, -0.15) is 0 Å². The number of sulfone groups is 1. The van der Waals surface area contributed by atoms with E-state index in [9.17, 15) is 18.3 Å².